The van der Waals surface area contributed by atoms with Crippen molar-refractivity contribution in [1.82, 2.24) is 5.32 Å². The van der Waals surface area contributed by atoms with Crippen LogP contribution in [0.15, 0.2) is 15.2 Å². The molecule has 1 aromatic rings. The lowest BCUT2D eigenvalue weighted by Gasteiger charge is -2.21. The van der Waals surface area contributed by atoms with Gasteiger partial charge in [-0.15, -0.1) is 0 Å². The first-order valence-corrected chi connectivity index (χ1v) is 7.87. The zero-order valence-electron chi connectivity index (χ0n) is 10.4. The zero-order valence-corrected chi connectivity index (χ0v) is 12.8. The molecule has 2 atom stereocenters. The third kappa shape index (κ3) is 4.19. The van der Waals surface area contributed by atoms with Crippen LogP contribution < -0.4 is 5.32 Å². The van der Waals surface area contributed by atoms with Crippen molar-refractivity contribution in [2.45, 2.75) is 46.1 Å². The van der Waals surface area contributed by atoms with Gasteiger partial charge < -0.3 is 5.32 Å². The molecule has 0 saturated carbocycles. The van der Waals surface area contributed by atoms with E-state index >= 15 is 0 Å². The third-order valence-electron chi connectivity index (χ3n) is 2.99. The van der Waals surface area contributed by atoms with Crippen molar-refractivity contribution in [3.05, 3.63) is 20.8 Å². The lowest BCUT2D eigenvalue weighted by atomic mass is 9.96. The molecule has 0 aliphatic rings. The second-order valence-corrected chi connectivity index (χ2v) is 6.03. The SMILES string of the molecule is CCCNC(CC(C)CC)c1cscc1Br. The fourth-order valence-corrected chi connectivity index (χ4v) is 3.38. The molecule has 1 aromatic heterocycles. The van der Waals surface area contributed by atoms with Gasteiger partial charge in [0.15, 0.2) is 0 Å². The normalized spacial score (nSPS) is 15.0. The Morgan fingerprint density at radius 2 is 2.12 bits per heavy atom. The molecule has 0 saturated heterocycles. The van der Waals surface area contributed by atoms with Crippen molar-refractivity contribution in [3.63, 3.8) is 0 Å². The fraction of sp³-hybridized carbons (Fsp3) is 0.692. The topological polar surface area (TPSA) is 12.0 Å². The van der Waals surface area contributed by atoms with Crippen LogP contribution >= 0.6 is 27.3 Å². The summed E-state index contributed by atoms with van der Waals surface area (Å²) >= 11 is 5.42. The number of hydrogen-bond acceptors (Lipinski definition) is 2. The zero-order chi connectivity index (χ0) is 12.0. The van der Waals surface area contributed by atoms with Crippen LogP contribution in [0.3, 0.4) is 0 Å². The summed E-state index contributed by atoms with van der Waals surface area (Å²) in [7, 11) is 0. The number of thiophene rings is 1. The maximum atomic E-state index is 3.65. The molecule has 16 heavy (non-hydrogen) atoms. The van der Waals surface area contributed by atoms with Crippen LogP contribution in [-0.2, 0) is 0 Å². The van der Waals surface area contributed by atoms with Crippen LogP contribution in [0.25, 0.3) is 0 Å². The summed E-state index contributed by atoms with van der Waals surface area (Å²) in [6.07, 6.45) is 3.68. The molecule has 1 rings (SSSR count). The van der Waals surface area contributed by atoms with Gasteiger partial charge in [-0.1, -0.05) is 27.2 Å². The number of hydrogen-bond donors (Lipinski definition) is 1. The molecule has 92 valence electrons. The Morgan fingerprint density at radius 1 is 1.38 bits per heavy atom. The smallest absolute Gasteiger partial charge is 0.0342 e. The Labute approximate surface area is 112 Å². The van der Waals surface area contributed by atoms with Gasteiger partial charge in [-0.3, -0.25) is 0 Å². The van der Waals surface area contributed by atoms with E-state index in [0.29, 0.717) is 6.04 Å². The lowest BCUT2D eigenvalue weighted by molar-refractivity contribution is 0.402. The second kappa shape index (κ2) is 7.46. The Bertz CT molecular complexity index is 298. The first-order valence-electron chi connectivity index (χ1n) is 6.13. The molecule has 1 N–H and O–H groups in total. The number of rotatable bonds is 7. The van der Waals surface area contributed by atoms with E-state index in [1.165, 1.54) is 29.3 Å². The standard InChI is InChI=1S/C13H22BrNS/c1-4-6-15-13(7-10(3)5-2)11-8-16-9-12(11)14/h8-10,13,15H,4-7H2,1-3H3. The van der Waals surface area contributed by atoms with Crippen molar-refractivity contribution in [1.29, 1.82) is 0 Å². The Hall–Kier alpha value is 0.140. The molecule has 0 bridgehead atoms. The average molecular weight is 304 g/mol. The average Bonchev–Trinajstić information content (AvgIpc) is 2.70. The van der Waals surface area contributed by atoms with E-state index in [1.807, 2.05) is 0 Å². The van der Waals surface area contributed by atoms with Crippen molar-refractivity contribution >= 4 is 27.3 Å². The van der Waals surface area contributed by atoms with Crippen LogP contribution in [0.5, 0.6) is 0 Å². The molecule has 0 amide bonds. The van der Waals surface area contributed by atoms with E-state index in [-0.39, 0.29) is 0 Å². The van der Waals surface area contributed by atoms with Gasteiger partial charge in [-0.25, -0.2) is 0 Å². The van der Waals surface area contributed by atoms with Crippen LogP contribution in [0.1, 0.15) is 51.6 Å². The Balaban J connectivity index is 2.67. The first kappa shape index (κ1) is 14.2. The van der Waals surface area contributed by atoms with Gasteiger partial charge in [0.2, 0.25) is 0 Å². The molecule has 0 spiro atoms. The van der Waals surface area contributed by atoms with Crippen LogP contribution in [0.2, 0.25) is 0 Å². The van der Waals surface area contributed by atoms with Gasteiger partial charge in [0.05, 0.1) is 0 Å². The summed E-state index contributed by atoms with van der Waals surface area (Å²) in [4.78, 5) is 0. The minimum atomic E-state index is 0.510. The monoisotopic (exact) mass is 303 g/mol. The fourth-order valence-electron chi connectivity index (χ4n) is 1.75. The van der Waals surface area contributed by atoms with Gasteiger partial charge in [0, 0.05) is 15.9 Å². The molecule has 3 heteroatoms. The molecule has 1 nitrogen and oxygen atoms in total. The summed E-state index contributed by atoms with van der Waals surface area (Å²) < 4.78 is 1.26. The maximum absolute atomic E-state index is 3.65. The summed E-state index contributed by atoms with van der Waals surface area (Å²) in [6, 6.07) is 0.510. The molecule has 2 unspecified atom stereocenters. The maximum Gasteiger partial charge on any atom is 0.0342 e. The van der Waals surface area contributed by atoms with Crippen molar-refractivity contribution < 1.29 is 0 Å². The molecular formula is C13H22BrNS. The molecule has 1 heterocycles. The summed E-state index contributed by atoms with van der Waals surface area (Å²) in [6.45, 7) is 7.92. The largest absolute Gasteiger partial charge is 0.310 e. The van der Waals surface area contributed by atoms with Crippen molar-refractivity contribution in [2.75, 3.05) is 6.54 Å². The predicted octanol–water partition coefficient (Wildman–Crippen LogP) is 4.99. The van der Waals surface area contributed by atoms with E-state index in [2.05, 4.69) is 52.8 Å². The molecule has 0 aromatic carbocycles. The highest BCUT2D eigenvalue weighted by molar-refractivity contribution is 9.10. The highest BCUT2D eigenvalue weighted by atomic mass is 79.9. The van der Waals surface area contributed by atoms with E-state index in [1.54, 1.807) is 11.3 Å². The van der Waals surface area contributed by atoms with Gasteiger partial charge in [0.1, 0.15) is 0 Å². The number of halogens is 1. The predicted molar refractivity (Wildman–Crippen MR) is 77.1 cm³/mol. The van der Waals surface area contributed by atoms with Crippen LogP contribution in [0, 0.1) is 5.92 Å². The van der Waals surface area contributed by atoms with E-state index in [4.69, 9.17) is 0 Å². The van der Waals surface area contributed by atoms with Crippen molar-refractivity contribution in [2.24, 2.45) is 5.92 Å². The molecule has 0 aliphatic carbocycles. The third-order valence-corrected chi connectivity index (χ3v) is 4.75. The van der Waals surface area contributed by atoms with E-state index in [0.717, 1.165) is 12.5 Å². The minimum absolute atomic E-state index is 0.510. The van der Waals surface area contributed by atoms with Gasteiger partial charge >= 0.3 is 0 Å². The quantitative estimate of drug-likeness (QED) is 0.748. The minimum Gasteiger partial charge on any atom is -0.310 e. The molecule has 0 aliphatic heterocycles. The first-order chi connectivity index (χ1) is 7.69. The highest BCUT2D eigenvalue weighted by Gasteiger charge is 2.16. The highest BCUT2D eigenvalue weighted by Crippen LogP contribution is 2.31. The Morgan fingerprint density at radius 3 is 2.62 bits per heavy atom. The molecular weight excluding hydrogens is 282 g/mol. The molecule has 0 fully saturated rings. The molecule has 0 radical (unpaired) electrons. The van der Waals surface area contributed by atoms with Crippen LogP contribution in [0.4, 0.5) is 0 Å². The van der Waals surface area contributed by atoms with Crippen molar-refractivity contribution in [3.8, 4) is 0 Å². The second-order valence-electron chi connectivity index (χ2n) is 4.43. The summed E-state index contributed by atoms with van der Waals surface area (Å²) in [5.41, 5.74) is 1.43. The lowest BCUT2D eigenvalue weighted by Crippen LogP contribution is -2.23. The van der Waals surface area contributed by atoms with Crippen LogP contribution in [-0.4, -0.2) is 6.54 Å². The van der Waals surface area contributed by atoms with Gasteiger partial charge in [-0.2, -0.15) is 11.3 Å². The van der Waals surface area contributed by atoms with Gasteiger partial charge in [0.25, 0.3) is 0 Å². The van der Waals surface area contributed by atoms with E-state index < -0.39 is 0 Å². The number of nitrogens with one attached hydrogen (secondary N) is 1. The Kier molecular flexibility index (Phi) is 6.62. The summed E-state index contributed by atoms with van der Waals surface area (Å²) in [5.74, 6) is 0.779. The van der Waals surface area contributed by atoms with Gasteiger partial charge in [-0.05, 0) is 52.2 Å². The van der Waals surface area contributed by atoms with E-state index in [9.17, 15) is 0 Å². The summed E-state index contributed by atoms with van der Waals surface area (Å²) in [5, 5.41) is 8.09.